The van der Waals surface area contributed by atoms with Crippen molar-refractivity contribution in [3.8, 4) is 0 Å². The topological polar surface area (TPSA) is 83.5 Å². The van der Waals surface area contributed by atoms with Gasteiger partial charge in [-0.3, -0.25) is 0 Å². The molecule has 0 spiro atoms. The van der Waals surface area contributed by atoms with Gasteiger partial charge in [-0.2, -0.15) is 4.31 Å². The van der Waals surface area contributed by atoms with Gasteiger partial charge in [0.25, 0.3) is 0 Å². The zero-order valence-electron chi connectivity index (χ0n) is 8.64. The second-order valence-electron chi connectivity index (χ2n) is 3.59. The number of rotatable bonds is 4. The molecule has 15 heavy (non-hydrogen) atoms. The predicted molar refractivity (Wildman–Crippen MR) is 57.9 cm³/mol. The molecule has 1 aliphatic rings. The molecule has 1 aliphatic heterocycles. The van der Waals surface area contributed by atoms with Crippen LogP contribution in [0, 0.1) is 0 Å². The van der Waals surface area contributed by atoms with Crippen molar-refractivity contribution in [2.45, 2.75) is 0 Å². The van der Waals surface area contributed by atoms with E-state index < -0.39 is 19.9 Å². The Morgan fingerprint density at radius 3 is 2.07 bits per heavy atom. The van der Waals surface area contributed by atoms with Gasteiger partial charge >= 0.3 is 0 Å². The van der Waals surface area contributed by atoms with E-state index in [2.05, 4.69) is 5.32 Å². The first-order valence-corrected chi connectivity index (χ1v) is 8.34. The number of hydrogen-bond acceptors (Lipinski definition) is 5. The summed E-state index contributed by atoms with van der Waals surface area (Å²) >= 11 is 0. The fraction of sp³-hybridized carbons (Fsp3) is 1.00. The molecule has 0 atom stereocenters. The monoisotopic (exact) mass is 256 g/mol. The molecule has 0 aliphatic carbocycles. The average Bonchev–Trinajstić information content (AvgIpc) is 2.16. The molecule has 0 radical (unpaired) electrons. The third-order valence-corrected chi connectivity index (χ3v) is 5.26. The summed E-state index contributed by atoms with van der Waals surface area (Å²) < 4.78 is 46.4. The normalized spacial score (nSPS) is 20.3. The largest absolute Gasteiger partial charge is 0.314 e. The predicted octanol–water partition coefficient (Wildman–Crippen LogP) is -1.73. The van der Waals surface area contributed by atoms with Crippen LogP contribution in [0.15, 0.2) is 0 Å². The van der Waals surface area contributed by atoms with Gasteiger partial charge in [-0.05, 0) is 0 Å². The number of sulfone groups is 1. The Kier molecular flexibility index (Phi) is 4.10. The van der Waals surface area contributed by atoms with Crippen LogP contribution in [-0.4, -0.2) is 65.1 Å². The van der Waals surface area contributed by atoms with E-state index in [9.17, 15) is 16.8 Å². The van der Waals surface area contributed by atoms with E-state index in [0.29, 0.717) is 26.2 Å². The zero-order valence-corrected chi connectivity index (χ0v) is 10.3. The number of nitrogens with one attached hydrogen (secondary N) is 1. The van der Waals surface area contributed by atoms with Crippen molar-refractivity contribution in [2.24, 2.45) is 0 Å². The van der Waals surface area contributed by atoms with Gasteiger partial charge in [0, 0.05) is 32.4 Å². The highest BCUT2D eigenvalue weighted by Gasteiger charge is 2.24. The highest BCUT2D eigenvalue weighted by atomic mass is 32.2. The quantitative estimate of drug-likeness (QED) is 0.646. The third kappa shape index (κ3) is 4.45. The lowest BCUT2D eigenvalue weighted by atomic mass is 10.4. The molecule has 0 amide bonds. The van der Waals surface area contributed by atoms with E-state index in [4.69, 9.17) is 0 Å². The van der Waals surface area contributed by atoms with Crippen molar-refractivity contribution >= 4 is 19.9 Å². The minimum absolute atomic E-state index is 0.306. The Balaban J connectivity index is 2.58. The van der Waals surface area contributed by atoms with Gasteiger partial charge in [0.1, 0.15) is 9.84 Å². The van der Waals surface area contributed by atoms with Crippen LogP contribution in [0.3, 0.4) is 0 Å². The molecule has 8 heteroatoms. The van der Waals surface area contributed by atoms with Crippen molar-refractivity contribution in [3.63, 3.8) is 0 Å². The molecule has 6 nitrogen and oxygen atoms in total. The summed E-state index contributed by atoms with van der Waals surface area (Å²) in [7, 11) is -6.62. The van der Waals surface area contributed by atoms with E-state index >= 15 is 0 Å². The van der Waals surface area contributed by atoms with Gasteiger partial charge in [-0.15, -0.1) is 0 Å². The Bertz CT molecular complexity index is 395. The van der Waals surface area contributed by atoms with Crippen LogP contribution in [0.25, 0.3) is 0 Å². The first kappa shape index (κ1) is 12.9. The van der Waals surface area contributed by atoms with E-state index in [-0.39, 0.29) is 11.5 Å². The maximum Gasteiger partial charge on any atom is 0.215 e. The minimum atomic E-state index is -3.40. The lowest BCUT2D eigenvalue weighted by Crippen LogP contribution is -2.47. The Hall–Kier alpha value is -0.180. The van der Waals surface area contributed by atoms with Crippen LogP contribution >= 0.6 is 0 Å². The minimum Gasteiger partial charge on any atom is -0.314 e. The number of sulfonamides is 1. The molecule has 0 saturated carbocycles. The first-order chi connectivity index (χ1) is 6.81. The van der Waals surface area contributed by atoms with Crippen LogP contribution in [-0.2, 0) is 19.9 Å². The third-order valence-electron chi connectivity index (χ3n) is 2.18. The van der Waals surface area contributed by atoms with Crippen molar-refractivity contribution in [3.05, 3.63) is 0 Å². The number of piperazine rings is 1. The van der Waals surface area contributed by atoms with Crippen molar-refractivity contribution in [1.82, 2.24) is 9.62 Å². The Morgan fingerprint density at radius 1 is 1.07 bits per heavy atom. The lowest BCUT2D eigenvalue weighted by molar-refractivity contribution is 0.361. The Morgan fingerprint density at radius 2 is 1.60 bits per heavy atom. The zero-order chi connectivity index (χ0) is 11.5. The summed E-state index contributed by atoms with van der Waals surface area (Å²) in [5.41, 5.74) is 0. The Labute approximate surface area is 90.6 Å². The second-order valence-corrected chi connectivity index (χ2v) is 7.94. The van der Waals surface area contributed by atoms with Crippen LogP contribution in [0.4, 0.5) is 0 Å². The highest BCUT2D eigenvalue weighted by molar-refractivity contribution is 7.93. The smallest absolute Gasteiger partial charge is 0.215 e. The van der Waals surface area contributed by atoms with Crippen molar-refractivity contribution in [2.75, 3.05) is 43.9 Å². The molecule has 90 valence electrons. The van der Waals surface area contributed by atoms with E-state index in [1.54, 1.807) is 0 Å². The van der Waals surface area contributed by atoms with Crippen molar-refractivity contribution in [1.29, 1.82) is 0 Å². The van der Waals surface area contributed by atoms with Gasteiger partial charge in [0.15, 0.2) is 0 Å². The van der Waals surface area contributed by atoms with Crippen LogP contribution < -0.4 is 5.32 Å². The fourth-order valence-corrected chi connectivity index (χ4v) is 4.36. The summed E-state index contributed by atoms with van der Waals surface area (Å²) in [5.74, 6) is -0.620. The van der Waals surface area contributed by atoms with Gasteiger partial charge < -0.3 is 5.32 Å². The van der Waals surface area contributed by atoms with Crippen molar-refractivity contribution < 1.29 is 16.8 Å². The highest BCUT2D eigenvalue weighted by Crippen LogP contribution is 2.03. The van der Waals surface area contributed by atoms with E-state index in [0.717, 1.165) is 6.26 Å². The summed E-state index contributed by atoms with van der Waals surface area (Å²) in [6, 6.07) is 0. The first-order valence-electron chi connectivity index (χ1n) is 4.67. The average molecular weight is 256 g/mol. The fourth-order valence-electron chi connectivity index (χ4n) is 1.31. The molecule has 0 bridgehead atoms. The van der Waals surface area contributed by atoms with Gasteiger partial charge in [-0.25, -0.2) is 16.8 Å². The lowest BCUT2D eigenvalue weighted by Gasteiger charge is -2.26. The molecular weight excluding hydrogens is 240 g/mol. The molecule has 1 fully saturated rings. The van der Waals surface area contributed by atoms with Gasteiger partial charge in [-0.1, -0.05) is 0 Å². The molecule has 0 unspecified atom stereocenters. The van der Waals surface area contributed by atoms with E-state index in [1.807, 2.05) is 0 Å². The molecular formula is C7H16N2O4S2. The second kappa shape index (κ2) is 4.77. The maximum atomic E-state index is 11.7. The van der Waals surface area contributed by atoms with Gasteiger partial charge in [0.05, 0.1) is 11.5 Å². The van der Waals surface area contributed by atoms with Crippen LogP contribution in [0.1, 0.15) is 0 Å². The maximum absolute atomic E-state index is 11.7. The van der Waals surface area contributed by atoms with Gasteiger partial charge in [0.2, 0.25) is 10.0 Å². The summed E-state index contributed by atoms with van der Waals surface area (Å²) in [5, 5.41) is 3.03. The molecule has 0 aromatic rings. The summed E-state index contributed by atoms with van der Waals surface area (Å²) in [6.07, 6.45) is 1.04. The summed E-state index contributed by atoms with van der Waals surface area (Å²) in [4.78, 5) is 0. The molecule has 1 saturated heterocycles. The SMILES string of the molecule is CS(=O)(=O)CCS(=O)(=O)N1CCNCC1. The number of hydrogen-bond donors (Lipinski definition) is 1. The molecule has 0 aromatic heterocycles. The van der Waals surface area contributed by atoms with Crippen LogP contribution in [0.5, 0.6) is 0 Å². The van der Waals surface area contributed by atoms with Crippen LogP contribution in [0.2, 0.25) is 0 Å². The molecule has 0 aromatic carbocycles. The van der Waals surface area contributed by atoms with E-state index in [1.165, 1.54) is 4.31 Å². The molecule has 1 heterocycles. The standard InChI is InChI=1S/C7H16N2O4S2/c1-14(10,11)6-7-15(12,13)9-4-2-8-3-5-9/h8H,2-7H2,1H3. The number of nitrogens with zero attached hydrogens (tertiary/aromatic N) is 1. The summed E-state index contributed by atoms with van der Waals surface area (Å²) in [6.45, 7) is 2.09. The molecule has 1 rings (SSSR count). The molecule has 1 N–H and O–H groups in total.